The van der Waals surface area contributed by atoms with E-state index in [-0.39, 0.29) is 6.61 Å². The van der Waals surface area contributed by atoms with Gasteiger partial charge < -0.3 is 20.1 Å². The number of hydrogen-bond acceptors (Lipinski definition) is 6. The van der Waals surface area contributed by atoms with Gasteiger partial charge in [-0.05, 0) is 44.0 Å². The van der Waals surface area contributed by atoms with Crippen molar-refractivity contribution in [1.29, 1.82) is 0 Å². The number of allylic oxidation sites excluding steroid dienone is 2. The van der Waals surface area contributed by atoms with Gasteiger partial charge in [-0.25, -0.2) is 9.97 Å². The first-order chi connectivity index (χ1) is 14.6. The fourth-order valence-electron chi connectivity index (χ4n) is 3.39. The number of aliphatic hydroxyl groups excluding tert-OH is 1. The highest BCUT2D eigenvalue weighted by Crippen LogP contribution is 2.30. The minimum absolute atomic E-state index is 0.220. The summed E-state index contributed by atoms with van der Waals surface area (Å²) in [6, 6.07) is 9.73. The van der Waals surface area contributed by atoms with Gasteiger partial charge in [0.25, 0.3) is 0 Å². The van der Waals surface area contributed by atoms with E-state index < -0.39 is 6.10 Å². The van der Waals surface area contributed by atoms with Gasteiger partial charge in [0.1, 0.15) is 24.3 Å². The number of terminal acetylenes is 1. The van der Waals surface area contributed by atoms with Crippen molar-refractivity contribution >= 4 is 11.4 Å². The van der Waals surface area contributed by atoms with Crippen LogP contribution in [0.15, 0.2) is 36.4 Å². The van der Waals surface area contributed by atoms with Gasteiger partial charge in [-0.2, -0.15) is 0 Å². The summed E-state index contributed by atoms with van der Waals surface area (Å²) >= 11 is 0. The van der Waals surface area contributed by atoms with Gasteiger partial charge in [-0.15, -0.1) is 12.3 Å². The van der Waals surface area contributed by atoms with Crippen molar-refractivity contribution in [2.24, 2.45) is 0 Å². The zero-order valence-electron chi connectivity index (χ0n) is 17.8. The van der Waals surface area contributed by atoms with Crippen LogP contribution < -0.4 is 15.0 Å². The highest BCUT2D eigenvalue weighted by Gasteiger charge is 2.15. The predicted octanol–water partition coefficient (Wildman–Crippen LogP) is 3.13. The summed E-state index contributed by atoms with van der Waals surface area (Å²) < 4.78 is 5.75. The Morgan fingerprint density at radius 2 is 2.20 bits per heavy atom. The van der Waals surface area contributed by atoms with Crippen molar-refractivity contribution in [3.05, 3.63) is 42.1 Å². The van der Waals surface area contributed by atoms with Crippen LogP contribution in [-0.4, -0.2) is 55.0 Å². The summed E-state index contributed by atoms with van der Waals surface area (Å²) in [5.74, 6) is 4.88. The van der Waals surface area contributed by atoms with Crippen LogP contribution in [-0.2, 0) is 0 Å². The van der Waals surface area contributed by atoms with Crippen LogP contribution in [0.4, 0.5) is 5.82 Å². The molecule has 1 aromatic carbocycles. The number of aromatic nitrogens is 2. The molecule has 2 N–H and O–H groups in total. The Morgan fingerprint density at radius 3 is 2.93 bits per heavy atom. The Balaban J connectivity index is 1.89. The quantitative estimate of drug-likeness (QED) is 0.591. The standard InChI is InChI=1S/C24H30N4O2/c1-4-5-13-28(3)23-15-22(18-9-6-7-10-18)26-24(27-23)19-11-8-12-21(14-19)30-17-20(29)16-25-2/h1,8-9,11-12,14-15,20,25,29H,5-7,10,13,16-17H2,2-3H3. The molecule has 1 aliphatic rings. The molecule has 0 bridgehead atoms. The molecule has 1 heterocycles. The van der Waals surface area contributed by atoms with E-state index in [1.54, 1.807) is 7.05 Å². The van der Waals surface area contributed by atoms with Crippen LogP contribution in [0.3, 0.4) is 0 Å². The Morgan fingerprint density at radius 1 is 1.33 bits per heavy atom. The largest absolute Gasteiger partial charge is 0.491 e. The second-order valence-electron chi connectivity index (χ2n) is 7.48. The smallest absolute Gasteiger partial charge is 0.162 e. The van der Waals surface area contributed by atoms with Crippen LogP contribution in [0.25, 0.3) is 17.0 Å². The lowest BCUT2D eigenvalue weighted by Gasteiger charge is -2.19. The number of benzene rings is 1. The molecule has 158 valence electrons. The maximum atomic E-state index is 9.88. The first-order valence-electron chi connectivity index (χ1n) is 10.4. The van der Waals surface area contributed by atoms with Crippen molar-refractivity contribution in [3.63, 3.8) is 0 Å². The van der Waals surface area contributed by atoms with Gasteiger partial charge in [-0.1, -0.05) is 18.2 Å². The first kappa shape index (κ1) is 21.8. The third kappa shape index (κ3) is 5.82. The molecule has 1 atom stereocenters. The summed E-state index contributed by atoms with van der Waals surface area (Å²) in [6.07, 6.45) is 11.1. The number of likely N-dealkylation sites (N-methyl/N-ethyl adjacent to an activating group) is 1. The van der Waals surface area contributed by atoms with E-state index in [2.05, 4.69) is 22.2 Å². The predicted molar refractivity (Wildman–Crippen MR) is 121 cm³/mol. The number of anilines is 1. The molecule has 1 aromatic heterocycles. The third-order valence-electron chi connectivity index (χ3n) is 5.04. The number of rotatable bonds is 10. The normalized spacial score (nSPS) is 14.1. The van der Waals surface area contributed by atoms with Gasteiger partial charge in [-0.3, -0.25) is 0 Å². The lowest BCUT2D eigenvalue weighted by atomic mass is 10.1. The summed E-state index contributed by atoms with van der Waals surface area (Å²) in [4.78, 5) is 11.7. The molecule has 2 aromatic rings. The van der Waals surface area contributed by atoms with Crippen LogP contribution in [0, 0.1) is 12.3 Å². The van der Waals surface area contributed by atoms with E-state index in [0.717, 1.165) is 42.9 Å². The monoisotopic (exact) mass is 406 g/mol. The van der Waals surface area contributed by atoms with E-state index in [0.29, 0.717) is 24.5 Å². The summed E-state index contributed by atoms with van der Waals surface area (Å²) in [6.45, 7) is 1.43. The van der Waals surface area contributed by atoms with Crippen LogP contribution in [0.1, 0.15) is 31.4 Å². The average Bonchev–Trinajstić information content (AvgIpc) is 3.31. The fourth-order valence-corrected chi connectivity index (χ4v) is 3.39. The van der Waals surface area contributed by atoms with Crippen LogP contribution in [0.2, 0.25) is 0 Å². The maximum Gasteiger partial charge on any atom is 0.162 e. The molecule has 0 amide bonds. The molecular formula is C24H30N4O2. The molecule has 1 aliphatic carbocycles. The van der Waals surface area contributed by atoms with Gasteiger partial charge in [0.15, 0.2) is 5.82 Å². The van der Waals surface area contributed by atoms with E-state index in [1.165, 1.54) is 5.57 Å². The van der Waals surface area contributed by atoms with E-state index in [4.69, 9.17) is 21.1 Å². The molecule has 0 saturated carbocycles. The highest BCUT2D eigenvalue weighted by molar-refractivity contribution is 5.70. The van der Waals surface area contributed by atoms with Crippen molar-refractivity contribution in [1.82, 2.24) is 15.3 Å². The van der Waals surface area contributed by atoms with Gasteiger partial charge >= 0.3 is 0 Å². The Hall–Kier alpha value is -2.88. The highest BCUT2D eigenvalue weighted by atomic mass is 16.5. The van der Waals surface area contributed by atoms with Crippen LogP contribution >= 0.6 is 0 Å². The fraction of sp³-hybridized carbons (Fsp3) is 0.417. The summed E-state index contributed by atoms with van der Waals surface area (Å²) in [5.41, 5.74) is 3.12. The lowest BCUT2D eigenvalue weighted by Crippen LogP contribution is -2.29. The number of ether oxygens (including phenoxy) is 1. The maximum absolute atomic E-state index is 9.88. The zero-order chi connectivity index (χ0) is 21.3. The number of nitrogens with zero attached hydrogens (tertiary/aromatic N) is 3. The molecule has 0 radical (unpaired) electrons. The molecule has 1 unspecified atom stereocenters. The van der Waals surface area contributed by atoms with Crippen LogP contribution in [0.5, 0.6) is 5.75 Å². The third-order valence-corrected chi connectivity index (χ3v) is 5.04. The number of aliphatic hydroxyl groups is 1. The Bertz CT molecular complexity index is 920. The summed E-state index contributed by atoms with van der Waals surface area (Å²) in [7, 11) is 3.80. The van der Waals surface area contributed by atoms with Crippen molar-refractivity contribution in [3.8, 4) is 29.5 Å². The van der Waals surface area contributed by atoms with E-state index >= 15 is 0 Å². The molecule has 6 heteroatoms. The topological polar surface area (TPSA) is 70.5 Å². The SMILES string of the molecule is C#CCCN(C)c1cc(C2=CCCC2)nc(-c2cccc(OCC(O)CNC)c2)n1. The van der Waals surface area contributed by atoms with Crippen molar-refractivity contribution in [2.45, 2.75) is 31.8 Å². The average molecular weight is 407 g/mol. The van der Waals surface area contributed by atoms with Crippen molar-refractivity contribution in [2.75, 3.05) is 38.7 Å². The minimum Gasteiger partial charge on any atom is -0.491 e. The van der Waals surface area contributed by atoms with E-state index in [1.807, 2.05) is 37.4 Å². The Kier molecular flexibility index (Phi) is 7.83. The lowest BCUT2D eigenvalue weighted by molar-refractivity contribution is 0.108. The van der Waals surface area contributed by atoms with Crippen molar-refractivity contribution < 1.29 is 9.84 Å². The van der Waals surface area contributed by atoms with Gasteiger partial charge in [0, 0.05) is 38.2 Å². The zero-order valence-corrected chi connectivity index (χ0v) is 17.8. The second-order valence-corrected chi connectivity index (χ2v) is 7.48. The summed E-state index contributed by atoms with van der Waals surface area (Å²) in [5, 5.41) is 12.8. The number of hydrogen-bond donors (Lipinski definition) is 2. The second kappa shape index (κ2) is 10.8. The van der Waals surface area contributed by atoms with Gasteiger partial charge in [0.2, 0.25) is 0 Å². The molecule has 0 fully saturated rings. The molecule has 30 heavy (non-hydrogen) atoms. The first-order valence-corrected chi connectivity index (χ1v) is 10.4. The molecule has 0 spiro atoms. The molecule has 6 nitrogen and oxygen atoms in total. The van der Waals surface area contributed by atoms with Gasteiger partial charge in [0.05, 0.1) is 5.69 Å². The number of nitrogens with one attached hydrogen (secondary N) is 1. The Labute approximate surface area is 179 Å². The minimum atomic E-state index is -0.566. The van der Waals surface area contributed by atoms with E-state index in [9.17, 15) is 5.11 Å². The molecular weight excluding hydrogens is 376 g/mol. The molecule has 3 rings (SSSR count). The molecule has 0 saturated heterocycles. The molecule has 0 aliphatic heterocycles.